The molecule has 1 saturated heterocycles. The van der Waals surface area contributed by atoms with Crippen molar-refractivity contribution in [2.75, 3.05) is 33.4 Å². The van der Waals surface area contributed by atoms with Crippen LogP contribution >= 0.6 is 0 Å². The fraction of sp³-hybridized carbons (Fsp3) is 0.600. The van der Waals surface area contributed by atoms with Gasteiger partial charge in [-0.3, -0.25) is 4.90 Å². The third kappa shape index (κ3) is 3.93. The Balaban J connectivity index is 1.90. The highest BCUT2D eigenvalue weighted by Gasteiger charge is 2.23. The van der Waals surface area contributed by atoms with Gasteiger partial charge in [0, 0.05) is 25.7 Å². The number of nitrogens with two attached hydrogens (primary N) is 1. The predicted octanol–water partition coefficient (Wildman–Crippen LogP) is 1.29. The Morgan fingerprint density at radius 1 is 1.42 bits per heavy atom. The highest BCUT2D eigenvalue weighted by molar-refractivity contribution is 5.27. The standard InChI is InChI=1S/C15H24N2O2/c1-12(17-7-8-19-15(10-16)11-17)9-13-3-5-14(18-2)6-4-13/h3-6,12,15H,7-11,16H2,1-2H3. The SMILES string of the molecule is COc1ccc(CC(C)N2CCOC(CN)C2)cc1. The summed E-state index contributed by atoms with van der Waals surface area (Å²) in [6, 6.07) is 8.81. The molecule has 2 atom stereocenters. The third-order valence-electron chi connectivity index (χ3n) is 3.75. The van der Waals surface area contributed by atoms with Gasteiger partial charge in [-0.15, -0.1) is 0 Å². The first-order chi connectivity index (χ1) is 9.22. The van der Waals surface area contributed by atoms with Crippen molar-refractivity contribution in [3.63, 3.8) is 0 Å². The quantitative estimate of drug-likeness (QED) is 0.870. The minimum atomic E-state index is 0.187. The molecule has 19 heavy (non-hydrogen) atoms. The first-order valence-corrected chi connectivity index (χ1v) is 6.91. The molecule has 1 fully saturated rings. The molecule has 1 heterocycles. The van der Waals surface area contributed by atoms with Crippen molar-refractivity contribution in [1.82, 2.24) is 4.90 Å². The van der Waals surface area contributed by atoms with E-state index in [1.54, 1.807) is 7.11 Å². The van der Waals surface area contributed by atoms with Crippen molar-refractivity contribution in [2.24, 2.45) is 5.73 Å². The van der Waals surface area contributed by atoms with Gasteiger partial charge in [-0.25, -0.2) is 0 Å². The van der Waals surface area contributed by atoms with E-state index in [1.807, 2.05) is 12.1 Å². The molecule has 0 spiro atoms. The second-order valence-corrected chi connectivity index (χ2v) is 5.12. The van der Waals surface area contributed by atoms with E-state index in [9.17, 15) is 0 Å². The Kier molecular flexibility index (Phi) is 5.19. The molecule has 2 rings (SSSR count). The van der Waals surface area contributed by atoms with Crippen molar-refractivity contribution in [3.8, 4) is 5.75 Å². The van der Waals surface area contributed by atoms with Gasteiger partial charge < -0.3 is 15.2 Å². The summed E-state index contributed by atoms with van der Waals surface area (Å²) in [5, 5.41) is 0. The maximum absolute atomic E-state index is 5.68. The zero-order valence-corrected chi connectivity index (χ0v) is 11.8. The molecular weight excluding hydrogens is 240 g/mol. The fourth-order valence-corrected chi connectivity index (χ4v) is 2.52. The number of morpholine rings is 1. The normalized spacial score (nSPS) is 22.2. The maximum atomic E-state index is 5.68. The summed E-state index contributed by atoms with van der Waals surface area (Å²) in [6.07, 6.45) is 1.23. The van der Waals surface area contributed by atoms with Crippen molar-refractivity contribution in [1.29, 1.82) is 0 Å². The van der Waals surface area contributed by atoms with Crippen LogP contribution in [0.5, 0.6) is 5.75 Å². The topological polar surface area (TPSA) is 47.7 Å². The summed E-state index contributed by atoms with van der Waals surface area (Å²) < 4.78 is 10.8. The molecule has 0 aromatic heterocycles. The summed E-state index contributed by atoms with van der Waals surface area (Å²) in [5.41, 5.74) is 7.02. The first-order valence-electron chi connectivity index (χ1n) is 6.91. The Labute approximate surface area is 115 Å². The molecule has 1 aliphatic heterocycles. The number of benzene rings is 1. The highest BCUT2D eigenvalue weighted by Crippen LogP contribution is 2.16. The van der Waals surface area contributed by atoms with Crippen LogP contribution in [0.1, 0.15) is 12.5 Å². The first kappa shape index (κ1) is 14.3. The lowest BCUT2D eigenvalue weighted by molar-refractivity contribution is -0.0358. The van der Waals surface area contributed by atoms with E-state index in [4.69, 9.17) is 15.2 Å². The second-order valence-electron chi connectivity index (χ2n) is 5.12. The second kappa shape index (κ2) is 6.89. The van der Waals surface area contributed by atoms with E-state index in [0.29, 0.717) is 12.6 Å². The average Bonchev–Trinajstić information content (AvgIpc) is 2.48. The molecule has 106 valence electrons. The Bertz CT molecular complexity index is 380. The van der Waals surface area contributed by atoms with Crippen LogP contribution in [0.3, 0.4) is 0 Å². The van der Waals surface area contributed by atoms with Crippen molar-refractivity contribution < 1.29 is 9.47 Å². The molecule has 0 radical (unpaired) electrons. The predicted molar refractivity (Wildman–Crippen MR) is 76.5 cm³/mol. The molecule has 0 amide bonds. The number of methoxy groups -OCH3 is 1. The lowest BCUT2D eigenvalue weighted by Gasteiger charge is -2.36. The van der Waals surface area contributed by atoms with Crippen LogP contribution in [-0.4, -0.2) is 50.4 Å². The number of hydrogen-bond donors (Lipinski definition) is 1. The van der Waals surface area contributed by atoms with Crippen molar-refractivity contribution in [2.45, 2.75) is 25.5 Å². The average molecular weight is 264 g/mol. The van der Waals surface area contributed by atoms with Crippen LogP contribution in [0, 0.1) is 0 Å². The van der Waals surface area contributed by atoms with Gasteiger partial charge in [-0.2, -0.15) is 0 Å². The smallest absolute Gasteiger partial charge is 0.118 e. The van der Waals surface area contributed by atoms with E-state index in [1.165, 1.54) is 5.56 Å². The summed E-state index contributed by atoms with van der Waals surface area (Å²) in [5.74, 6) is 0.908. The zero-order valence-electron chi connectivity index (χ0n) is 11.8. The van der Waals surface area contributed by atoms with E-state index in [2.05, 4.69) is 24.0 Å². The molecule has 2 N–H and O–H groups in total. The van der Waals surface area contributed by atoms with Gasteiger partial charge in [0.15, 0.2) is 0 Å². The zero-order chi connectivity index (χ0) is 13.7. The lowest BCUT2D eigenvalue weighted by Crippen LogP contribution is -2.49. The van der Waals surface area contributed by atoms with Crippen LogP contribution in [0.25, 0.3) is 0 Å². The van der Waals surface area contributed by atoms with Gasteiger partial charge in [0.2, 0.25) is 0 Å². The summed E-state index contributed by atoms with van der Waals surface area (Å²) in [7, 11) is 1.69. The molecule has 4 heteroatoms. The molecule has 0 bridgehead atoms. The monoisotopic (exact) mass is 264 g/mol. The van der Waals surface area contributed by atoms with Crippen LogP contribution < -0.4 is 10.5 Å². The van der Waals surface area contributed by atoms with E-state index < -0.39 is 0 Å². The van der Waals surface area contributed by atoms with Gasteiger partial charge in [0.05, 0.1) is 19.8 Å². The molecule has 1 aliphatic rings. The van der Waals surface area contributed by atoms with Gasteiger partial charge in [-0.1, -0.05) is 12.1 Å². The molecule has 1 aromatic carbocycles. The van der Waals surface area contributed by atoms with Crippen LogP contribution in [0.15, 0.2) is 24.3 Å². The van der Waals surface area contributed by atoms with Crippen LogP contribution in [0.4, 0.5) is 0 Å². The third-order valence-corrected chi connectivity index (χ3v) is 3.75. The maximum Gasteiger partial charge on any atom is 0.118 e. The largest absolute Gasteiger partial charge is 0.497 e. The fourth-order valence-electron chi connectivity index (χ4n) is 2.52. The lowest BCUT2D eigenvalue weighted by atomic mass is 10.0. The van der Waals surface area contributed by atoms with E-state index >= 15 is 0 Å². The molecule has 0 saturated carbocycles. The molecule has 1 aromatic rings. The van der Waals surface area contributed by atoms with Gasteiger partial charge >= 0.3 is 0 Å². The van der Waals surface area contributed by atoms with E-state index in [0.717, 1.165) is 31.9 Å². The number of hydrogen-bond acceptors (Lipinski definition) is 4. The number of rotatable bonds is 5. The molecule has 4 nitrogen and oxygen atoms in total. The highest BCUT2D eigenvalue weighted by atomic mass is 16.5. The molecular formula is C15H24N2O2. The Morgan fingerprint density at radius 2 is 2.16 bits per heavy atom. The minimum absolute atomic E-state index is 0.187. The van der Waals surface area contributed by atoms with Crippen molar-refractivity contribution in [3.05, 3.63) is 29.8 Å². The number of nitrogens with zero attached hydrogens (tertiary/aromatic N) is 1. The Morgan fingerprint density at radius 3 is 2.79 bits per heavy atom. The van der Waals surface area contributed by atoms with Gasteiger partial charge in [0.1, 0.15) is 5.75 Å². The van der Waals surface area contributed by atoms with Gasteiger partial charge in [0.25, 0.3) is 0 Å². The van der Waals surface area contributed by atoms with Gasteiger partial charge in [-0.05, 0) is 31.0 Å². The van der Waals surface area contributed by atoms with Crippen LogP contribution in [-0.2, 0) is 11.2 Å². The van der Waals surface area contributed by atoms with E-state index in [-0.39, 0.29) is 6.10 Å². The van der Waals surface area contributed by atoms with Crippen LogP contribution in [0.2, 0.25) is 0 Å². The summed E-state index contributed by atoms with van der Waals surface area (Å²) in [6.45, 7) is 5.59. The van der Waals surface area contributed by atoms with Crippen molar-refractivity contribution >= 4 is 0 Å². The Hall–Kier alpha value is -1.10. The minimum Gasteiger partial charge on any atom is -0.497 e. The number of ether oxygens (including phenoxy) is 2. The summed E-state index contributed by atoms with van der Waals surface area (Å²) >= 11 is 0. The molecule has 0 aliphatic carbocycles. The summed E-state index contributed by atoms with van der Waals surface area (Å²) in [4.78, 5) is 2.46. The molecule has 2 unspecified atom stereocenters.